The molecule has 0 fully saturated rings. The zero-order valence-electron chi connectivity index (χ0n) is 4.83. The molecular weight excluding hydrogens is 142 g/mol. The van der Waals surface area contributed by atoms with Gasteiger partial charge in [-0.25, -0.2) is 0 Å². The molecule has 0 atom stereocenters. The van der Waals surface area contributed by atoms with Crippen LogP contribution in [0.3, 0.4) is 0 Å². The van der Waals surface area contributed by atoms with E-state index in [2.05, 4.69) is 25.3 Å². The maximum atomic E-state index is 10.4. The highest BCUT2D eigenvalue weighted by atomic mass is 32.2. The van der Waals surface area contributed by atoms with E-state index in [-0.39, 0.29) is 10.6 Å². The lowest BCUT2D eigenvalue weighted by Crippen LogP contribution is -2.27. The van der Waals surface area contributed by atoms with Gasteiger partial charge in [0, 0.05) is 14.0 Å². The van der Waals surface area contributed by atoms with Crippen LogP contribution in [0.15, 0.2) is 0 Å². The van der Waals surface area contributed by atoms with Gasteiger partial charge in [0.1, 0.15) is 4.71 Å². The minimum Gasteiger partial charge on any atom is -0.325 e. The highest BCUT2D eigenvalue weighted by Crippen LogP contribution is 2.04. The summed E-state index contributed by atoms with van der Waals surface area (Å²) >= 11 is 7.80. The van der Waals surface area contributed by atoms with Crippen LogP contribution in [-0.2, 0) is 4.79 Å². The Morgan fingerprint density at radius 3 is 2.00 bits per heavy atom. The number of thiol groups is 2. The molecular formula is C4H9NOS2. The Balaban J connectivity index is 3.64. The zero-order valence-corrected chi connectivity index (χ0v) is 6.62. The van der Waals surface area contributed by atoms with E-state index in [0.717, 1.165) is 0 Å². The number of rotatable bonds is 1. The Morgan fingerprint density at radius 1 is 1.62 bits per heavy atom. The van der Waals surface area contributed by atoms with Gasteiger partial charge in [0.15, 0.2) is 0 Å². The summed E-state index contributed by atoms with van der Waals surface area (Å²) in [5.41, 5.74) is 0. The fourth-order valence-corrected chi connectivity index (χ4v) is 0.488. The Kier molecular flexibility index (Phi) is 3.31. The van der Waals surface area contributed by atoms with Crippen molar-refractivity contribution in [3.8, 4) is 0 Å². The number of hydrogen-bond acceptors (Lipinski definition) is 3. The van der Waals surface area contributed by atoms with Crippen LogP contribution in [-0.4, -0.2) is 22.6 Å². The Morgan fingerprint density at radius 2 is 2.00 bits per heavy atom. The molecule has 0 aliphatic heterocycles. The summed E-state index contributed by atoms with van der Waals surface area (Å²) in [5.74, 6) is -0.0278. The van der Waals surface area contributed by atoms with Crippen molar-refractivity contribution in [2.75, 3.05) is 7.05 Å². The van der Waals surface area contributed by atoms with Crippen LogP contribution in [0.5, 0.6) is 0 Å². The van der Waals surface area contributed by atoms with Gasteiger partial charge >= 0.3 is 0 Å². The summed E-state index contributed by atoms with van der Waals surface area (Å²) in [4.78, 5) is 11.8. The quantitative estimate of drug-likeness (QED) is 0.415. The summed E-state index contributed by atoms with van der Waals surface area (Å²) in [7, 11) is 1.65. The first kappa shape index (κ1) is 8.17. The first-order valence-electron chi connectivity index (χ1n) is 2.15. The van der Waals surface area contributed by atoms with Crippen molar-refractivity contribution in [3.05, 3.63) is 0 Å². The molecule has 0 saturated heterocycles. The van der Waals surface area contributed by atoms with Crippen LogP contribution in [0.1, 0.15) is 6.92 Å². The van der Waals surface area contributed by atoms with Crippen LogP contribution < -0.4 is 0 Å². The van der Waals surface area contributed by atoms with E-state index >= 15 is 0 Å². The van der Waals surface area contributed by atoms with Crippen LogP contribution in [0, 0.1) is 0 Å². The monoisotopic (exact) mass is 151 g/mol. The van der Waals surface area contributed by atoms with Crippen molar-refractivity contribution in [2.24, 2.45) is 0 Å². The van der Waals surface area contributed by atoms with Gasteiger partial charge in [-0.05, 0) is 0 Å². The highest BCUT2D eigenvalue weighted by molar-refractivity contribution is 7.99. The third-order valence-electron chi connectivity index (χ3n) is 0.843. The van der Waals surface area contributed by atoms with E-state index in [1.807, 2.05) is 0 Å². The van der Waals surface area contributed by atoms with Crippen LogP contribution in [0.4, 0.5) is 0 Å². The normalized spacial score (nSPS) is 9.62. The molecule has 1 amide bonds. The predicted molar refractivity (Wildman–Crippen MR) is 40.2 cm³/mol. The summed E-state index contributed by atoms with van der Waals surface area (Å²) < 4.78 is -0.285. The third kappa shape index (κ3) is 2.47. The summed E-state index contributed by atoms with van der Waals surface area (Å²) in [6.45, 7) is 1.47. The molecule has 8 heavy (non-hydrogen) atoms. The van der Waals surface area contributed by atoms with Crippen molar-refractivity contribution < 1.29 is 4.79 Å². The molecule has 0 radical (unpaired) electrons. The number of carbonyl (C=O) groups is 1. The molecule has 0 aromatic heterocycles. The van der Waals surface area contributed by atoms with E-state index in [1.165, 1.54) is 11.8 Å². The van der Waals surface area contributed by atoms with E-state index < -0.39 is 0 Å². The second-order valence-electron chi connectivity index (χ2n) is 1.48. The van der Waals surface area contributed by atoms with Crippen molar-refractivity contribution in [2.45, 2.75) is 11.6 Å². The molecule has 0 unspecified atom stereocenters. The molecule has 0 aromatic rings. The molecule has 0 rings (SSSR count). The maximum absolute atomic E-state index is 10.4. The molecule has 0 heterocycles. The maximum Gasteiger partial charge on any atom is 0.220 e. The topological polar surface area (TPSA) is 20.3 Å². The standard InChI is InChI=1S/C4H9NOS2/c1-3(6)5(2)4(7)8/h4,7-8H,1-2H3. The van der Waals surface area contributed by atoms with Crippen molar-refractivity contribution in [1.29, 1.82) is 0 Å². The SMILES string of the molecule is CC(=O)N(C)C(S)S. The molecule has 0 bridgehead atoms. The van der Waals surface area contributed by atoms with E-state index in [9.17, 15) is 4.79 Å². The van der Waals surface area contributed by atoms with Crippen LogP contribution >= 0.6 is 25.3 Å². The zero-order chi connectivity index (χ0) is 6.73. The predicted octanol–water partition coefficient (Wildman–Crippen LogP) is 0.608. The van der Waals surface area contributed by atoms with Crippen molar-refractivity contribution in [3.63, 3.8) is 0 Å². The largest absolute Gasteiger partial charge is 0.325 e. The van der Waals surface area contributed by atoms with Crippen molar-refractivity contribution >= 4 is 31.2 Å². The average molecular weight is 151 g/mol. The van der Waals surface area contributed by atoms with Gasteiger partial charge in [-0.1, -0.05) is 0 Å². The minimum absolute atomic E-state index is 0.0278. The first-order chi connectivity index (χ1) is 3.55. The van der Waals surface area contributed by atoms with Crippen LogP contribution in [0.2, 0.25) is 0 Å². The molecule has 0 spiro atoms. The summed E-state index contributed by atoms with van der Waals surface area (Å²) in [6.07, 6.45) is 0. The van der Waals surface area contributed by atoms with Gasteiger partial charge in [-0.15, -0.1) is 25.3 Å². The number of amides is 1. The fourth-order valence-electron chi connectivity index (χ4n) is 0.163. The Labute approximate surface area is 60.1 Å². The van der Waals surface area contributed by atoms with Gasteiger partial charge in [0.05, 0.1) is 0 Å². The lowest BCUT2D eigenvalue weighted by Gasteiger charge is -2.16. The highest BCUT2D eigenvalue weighted by Gasteiger charge is 2.05. The number of carbonyl (C=O) groups excluding carboxylic acids is 1. The lowest BCUT2D eigenvalue weighted by atomic mass is 10.6. The molecule has 0 aliphatic carbocycles. The molecule has 48 valence electrons. The number of hydrogen-bond donors (Lipinski definition) is 2. The fraction of sp³-hybridized carbons (Fsp3) is 0.750. The minimum atomic E-state index is -0.285. The van der Waals surface area contributed by atoms with Gasteiger partial charge in [0.25, 0.3) is 0 Å². The van der Waals surface area contributed by atoms with Crippen LogP contribution in [0.25, 0.3) is 0 Å². The van der Waals surface area contributed by atoms with Gasteiger partial charge in [0.2, 0.25) is 5.91 Å². The molecule has 4 heteroatoms. The Hall–Kier alpha value is 0.170. The first-order valence-corrected chi connectivity index (χ1v) is 3.18. The van der Waals surface area contributed by atoms with E-state index in [0.29, 0.717) is 0 Å². The summed E-state index contributed by atoms with van der Waals surface area (Å²) in [6, 6.07) is 0. The van der Waals surface area contributed by atoms with E-state index in [1.54, 1.807) is 7.05 Å². The van der Waals surface area contributed by atoms with Gasteiger partial charge in [-0.2, -0.15) is 0 Å². The molecule has 2 nitrogen and oxygen atoms in total. The van der Waals surface area contributed by atoms with Crippen molar-refractivity contribution in [1.82, 2.24) is 4.90 Å². The molecule has 0 aromatic carbocycles. The van der Waals surface area contributed by atoms with Gasteiger partial charge in [-0.3, -0.25) is 4.79 Å². The third-order valence-corrected chi connectivity index (χ3v) is 1.54. The average Bonchev–Trinajstić information content (AvgIpc) is 1.64. The summed E-state index contributed by atoms with van der Waals surface area (Å²) in [5, 5.41) is 0. The second-order valence-corrected chi connectivity index (χ2v) is 2.86. The Bertz CT molecular complexity index is 94.0. The van der Waals surface area contributed by atoms with E-state index in [4.69, 9.17) is 0 Å². The molecule has 0 N–H and O–H groups in total. The molecule has 0 saturated carbocycles. The lowest BCUT2D eigenvalue weighted by molar-refractivity contribution is -0.127. The van der Waals surface area contributed by atoms with Gasteiger partial charge < -0.3 is 4.90 Å². The molecule has 0 aliphatic rings. The second kappa shape index (κ2) is 3.25. The number of nitrogens with zero attached hydrogens (tertiary/aromatic N) is 1. The smallest absolute Gasteiger partial charge is 0.220 e.